The van der Waals surface area contributed by atoms with Crippen LogP contribution in [0.3, 0.4) is 0 Å². The molecule has 23 heavy (non-hydrogen) atoms. The average molecular weight is 319 g/mol. The number of methoxy groups -OCH3 is 1. The standard InChI is InChI=1S/C18H25NO4/c1-22-17-12-13(18(20)21)8-9-16(17)23-15-7-3-2-6-14(15)19-10-4-5-11-19/h8-9,12,14-15H,2-7,10-11H2,1H3,(H,20,21)/t14-,15-/m0/s1. The molecule has 2 fully saturated rings. The normalized spacial score (nSPS) is 25.3. The van der Waals surface area contributed by atoms with Crippen LogP contribution in [0.15, 0.2) is 18.2 Å². The topological polar surface area (TPSA) is 59.0 Å². The third-order valence-electron chi connectivity index (χ3n) is 4.97. The number of hydrogen-bond donors (Lipinski definition) is 1. The summed E-state index contributed by atoms with van der Waals surface area (Å²) >= 11 is 0. The van der Waals surface area contributed by atoms with Gasteiger partial charge in [-0.25, -0.2) is 4.79 Å². The average Bonchev–Trinajstić information content (AvgIpc) is 3.10. The number of likely N-dealkylation sites (tertiary alicyclic amines) is 1. The molecule has 1 aliphatic carbocycles. The predicted molar refractivity (Wildman–Crippen MR) is 87.4 cm³/mol. The lowest BCUT2D eigenvalue weighted by atomic mass is 9.91. The molecule has 3 rings (SSSR count). The largest absolute Gasteiger partial charge is 0.493 e. The van der Waals surface area contributed by atoms with E-state index in [1.807, 2.05) is 0 Å². The van der Waals surface area contributed by atoms with Crippen LogP contribution in [0.1, 0.15) is 48.9 Å². The van der Waals surface area contributed by atoms with Crippen molar-refractivity contribution >= 4 is 5.97 Å². The zero-order valence-corrected chi connectivity index (χ0v) is 13.7. The molecule has 126 valence electrons. The van der Waals surface area contributed by atoms with Gasteiger partial charge in [-0.2, -0.15) is 0 Å². The summed E-state index contributed by atoms with van der Waals surface area (Å²) in [4.78, 5) is 13.7. The van der Waals surface area contributed by atoms with E-state index in [4.69, 9.17) is 14.6 Å². The summed E-state index contributed by atoms with van der Waals surface area (Å²) in [5.41, 5.74) is 0.217. The van der Waals surface area contributed by atoms with Gasteiger partial charge in [0.15, 0.2) is 11.5 Å². The first-order valence-corrected chi connectivity index (χ1v) is 8.51. The van der Waals surface area contributed by atoms with Crippen molar-refractivity contribution in [1.82, 2.24) is 4.90 Å². The Morgan fingerprint density at radius 1 is 1.13 bits per heavy atom. The lowest BCUT2D eigenvalue weighted by Gasteiger charge is -2.38. The summed E-state index contributed by atoms with van der Waals surface area (Å²) in [6, 6.07) is 5.30. The molecule has 5 nitrogen and oxygen atoms in total. The van der Waals surface area contributed by atoms with E-state index in [-0.39, 0.29) is 11.7 Å². The fourth-order valence-corrected chi connectivity index (χ4v) is 3.77. The van der Waals surface area contributed by atoms with Crippen LogP contribution in [0, 0.1) is 0 Å². The highest BCUT2D eigenvalue weighted by molar-refractivity contribution is 5.88. The summed E-state index contributed by atoms with van der Waals surface area (Å²) in [6.45, 7) is 2.33. The van der Waals surface area contributed by atoms with E-state index in [9.17, 15) is 4.79 Å². The van der Waals surface area contributed by atoms with Gasteiger partial charge in [-0.15, -0.1) is 0 Å². The van der Waals surface area contributed by atoms with Gasteiger partial charge in [-0.05, 0) is 63.4 Å². The zero-order valence-electron chi connectivity index (χ0n) is 13.7. The molecule has 0 unspecified atom stereocenters. The Bertz CT molecular complexity index is 554. The molecule has 5 heteroatoms. The van der Waals surface area contributed by atoms with E-state index in [0.717, 1.165) is 6.42 Å². The molecule has 1 aromatic carbocycles. The van der Waals surface area contributed by atoms with Crippen LogP contribution in [-0.2, 0) is 0 Å². The molecular weight excluding hydrogens is 294 g/mol. The molecule has 1 aliphatic heterocycles. The van der Waals surface area contributed by atoms with Crippen LogP contribution in [0.2, 0.25) is 0 Å². The minimum Gasteiger partial charge on any atom is -0.493 e. The van der Waals surface area contributed by atoms with Gasteiger partial charge in [0.25, 0.3) is 0 Å². The Morgan fingerprint density at radius 3 is 2.57 bits per heavy atom. The third-order valence-corrected chi connectivity index (χ3v) is 4.97. The summed E-state index contributed by atoms with van der Waals surface area (Å²) in [6.07, 6.45) is 7.39. The van der Waals surface area contributed by atoms with Crippen LogP contribution in [0.4, 0.5) is 0 Å². The SMILES string of the molecule is COc1cc(C(=O)O)ccc1O[C@H]1CCCC[C@@H]1N1CCCC1. The van der Waals surface area contributed by atoms with Gasteiger partial charge in [0, 0.05) is 6.04 Å². The van der Waals surface area contributed by atoms with Crippen LogP contribution in [0.5, 0.6) is 11.5 Å². The second-order valence-corrected chi connectivity index (χ2v) is 6.42. The zero-order chi connectivity index (χ0) is 16.2. The molecule has 0 aromatic heterocycles. The molecule has 2 atom stereocenters. The summed E-state index contributed by atoms with van der Waals surface area (Å²) < 4.78 is 11.6. The lowest BCUT2D eigenvalue weighted by Crippen LogP contribution is -2.46. The number of carbonyl (C=O) groups is 1. The van der Waals surface area contributed by atoms with E-state index >= 15 is 0 Å². The number of hydrogen-bond acceptors (Lipinski definition) is 4. The highest BCUT2D eigenvalue weighted by atomic mass is 16.5. The van der Waals surface area contributed by atoms with E-state index in [1.54, 1.807) is 19.2 Å². The molecule has 1 saturated carbocycles. The van der Waals surface area contributed by atoms with E-state index in [0.29, 0.717) is 17.5 Å². The third kappa shape index (κ3) is 3.61. The number of benzene rings is 1. The van der Waals surface area contributed by atoms with Crippen LogP contribution in [0.25, 0.3) is 0 Å². The molecule has 0 spiro atoms. The number of ether oxygens (including phenoxy) is 2. The van der Waals surface area contributed by atoms with Crippen molar-refractivity contribution in [3.05, 3.63) is 23.8 Å². The molecule has 0 bridgehead atoms. The summed E-state index contributed by atoms with van der Waals surface area (Å²) in [5.74, 6) is 0.187. The number of rotatable bonds is 5. The summed E-state index contributed by atoms with van der Waals surface area (Å²) in [7, 11) is 1.55. The van der Waals surface area contributed by atoms with Crippen molar-refractivity contribution in [1.29, 1.82) is 0 Å². The Hall–Kier alpha value is -1.75. The van der Waals surface area contributed by atoms with Gasteiger partial charge < -0.3 is 14.6 Å². The molecule has 1 N–H and O–H groups in total. The molecule has 0 radical (unpaired) electrons. The quantitative estimate of drug-likeness (QED) is 0.903. The van der Waals surface area contributed by atoms with Crippen LogP contribution >= 0.6 is 0 Å². The molecule has 0 amide bonds. The van der Waals surface area contributed by atoms with E-state index in [1.165, 1.54) is 51.3 Å². The fraction of sp³-hybridized carbons (Fsp3) is 0.611. The van der Waals surface area contributed by atoms with Gasteiger partial charge in [-0.3, -0.25) is 4.90 Å². The fourth-order valence-electron chi connectivity index (χ4n) is 3.77. The Morgan fingerprint density at radius 2 is 1.87 bits per heavy atom. The first kappa shape index (κ1) is 16.1. The van der Waals surface area contributed by atoms with E-state index in [2.05, 4.69) is 4.90 Å². The number of nitrogens with zero attached hydrogens (tertiary/aromatic N) is 1. The first-order chi connectivity index (χ1) is 11.2. The Kier molecular flexibility index (Phi) is 5.06. The minimum atomic E-state index is -0.956. The molecular formula is C18H25NO4. The Labute approximate surface area is 137 Å². The predicted octanol–water partition coefficient (Wildman–Crippen LogP) is 3.18. The highest BCUT2D eigenvalue weighted by Crippen LogP contribution is 2.34. The molecule has 1 aromatic rings. The van der Waals surface area contributed by atoms with Gasteiger partial charge in [-0.1, -0.05) is 6.42 Å². The van der Waals surface area contributed by atoms with Gasteiger partial charge in [0.05, 0.1) is 12.7 Å². The van der Waals surface area contributed by atoms with Crippen LogP contribution in [-0.4, -0.2) is 48.3 Å². The van der Waals surface area contributed by atoms with Crippen molar-refractivity contribution in [2.45, 2.75) is 50.7 Å². The number of carboxylic acids is 1. The monoisotopic (exact) mass is 319 g/mol. The van der Waals surface area contributed by atoms with Gasteiger partial charge >= 0.3 is 5.97 Å². The summed E-state index contributed by atoms with van der Waals surface area (Å²) in [5, 5.41) is 9.10. The first-order valence-electron chi connectivity index (χ1n) is 8.51. The Balaban J connectivity index is 1.77. The number of aromatic carboxylic acids is 1. The van der Waals surface area contributed by atoms with Crippen molar-refractivity contribution in [3.8, 4) is 11.5 Å². The van der Waals surface area contributed by atoms with Crippen molar-refractivity contribution in [2.24, 2.45) is 0 Å². The maximum Gasteiger partial charge on any atom is 0.335 e. The second kappa shape index (κ2) is 7.21. The highest BCUT2D eigenvalue weighted by Gasteiger charge is 2.33. The molecule has 1 saturated heterocycles. The molecule has 2 aliphatic rings. The van der Waals surface area contributed by atoms with Gasteiger partial charge in [0.1, 0.15) is 6.10 Å². The maximum absolute atomic E-state index is 11.1. The minimum absolute atomic E-state index is 0.159. The smallest absolute Gasteiger partial charge is 0.335 e. The van der Waals surface area contributed by atoms with Crippen molar-refractivity contribution < 1.29 is 19.4 Å². The maximum atomic E-state index is 11.1. The second-order valence-electron chi connectivity index (χ2n) is 6.42. The van der Waals surface area contributed by atoms with Crippen molar-refractivity contribution in [3.63, 3.8) is 0 Å². The number of carboxylic acid groups (broad SMARTS) is 1. The van der Waals surface area contributed by atoms with E-state index < -0.39 is 5.97 Å². The van der Waals surface area contributed by atoms with Crippen LogP contribution < -0.4 is 9.47 Å². The van der Waals surface area contributed by atoms with Crippen molar-refractivity contribution in [2.75, 3.05) is 20.2 Å². The van der Waals surface area contributed by atoms with Gasteiger partial charge in [0.2, 0.25) is 0 Å². The lowest BCUT2D eigenvalue weighted by molar-refractivity contribution is 0.0467. The molecule has 1 heterocycles.